The average molecular weight is 464 g/mol. The van der Waals surface area contributed by atoms with Crippen LogP contribution in [0, 0.1) is 0 Å². The Morgan fingerprint density at radius 3 is 1.29 bits per heavy atom. The van der Waals surface area contributed by atoms with Crippen LogP contribution in [0.1, 0.15) is 24.0 Å². The molecule has 34 heavy (non-hydrogen) atoms. The summed E-state index contributed by atoms with van der Waals surface area (Å²) in [6.45, 7) is 6.39. The maximum atomic E-state index is 11.8. The lowest BCUT2D eigenvalue weighted by atomic mass is 10.1. The molecule has 0 saturated carbocycles. The number of ether oxygens (including phenoxy) is 4. The van der Waals surface area contributed by atoms with Crippen LogP contribution in [0.15, 0.2) is 73.8 Å². The van der Waals surface area contributed by atoms with Crippen molar-refractivity contribution in [2.45, 2.75) is 12.8 Å². The lowest BCUT2D eigenvalue weighted by Gasteiger charge is -2.05. The van der Waals surface area contributed by atoms with Crippen LogP contribution < -0.4 is 9.47 Å². The van der Waals surface area contributed by atoms with Crippen LogP contribution in [0.25, 0.3) is 12.2 Å². The quantitative estimate of drug-likeness (QED) is 0.202. The molecule has 176 valence electrons. The van der Waals surface area contributed by atoms with Gasteiger partial charge < -0.3 is 18.9 Å². The van der Waals surface area contributed by atoms with E-state index in [4.69, 9.17) is 18.9 Å². The SMILES string of the molecule is C=CC(=O)OCCC(=O)Oc1ccc(C=Cc2ccc(OC(=O)CCOC(=O)C=C)cc2)cc1. The standard InChI is InChI=1S/C26H24O8/c1-3-23(27)31-17-15-25(29)33-21-11-7-19(8-12-21)5-6-20-9-13-22(14-10-20)34-26(30)16-18-32-24(28)4-2/h3-14H,1-2,15-18H2. The van der Waals surface area contributed by atoms with E-state index in [-0.39, 0.29) is 26.1 Å². The fraction of sp³-hybridized carbons (Fsp3) is 0.154. The topological polar surface area (TPSA) is 105 Å². The minimum Gasteiger partial charge on any atom is -0.462 e. The van der Waals surface area contributed by atoms with E-state index in [1.807, 2.05) is 12.2 Å². The highest BCUT2D eigenvalue weighted by Gasteiger charge is 2.07. The number of hydrogen-bond acceptors (Lipinski definition) is 8. The predicted octanol–water partition coefficient (Wildman–Crippen LogP) is 3.91. The van der Waals surface area contributed by atoms with Crippen molar-refractivity contribution in [2.75, 3.05) is 13.2 Å². The smallest absolute Gasteiger partial charge is 0.330 e. The first-order chi connectivity index (χ1) is 16.4. The summed E-state index contributed by atoms with van der Waals surface area (Å²) in [6.07, 6.45) is 5.67. The summed E-state index contributed by atoms with van der Waals surface area (Å²) < 4.78 is 19.8. The number of benzene rings is 2. The Morgan fingerprint density at radius 2 is 0.971 bits per heavy atom. The molecule has 0 spiro atoms. The van der Waals surface area contributed by atoms with Crippen molar-refractivity contribution in [3.05, 3.63) is 85.0 Å². The van der Waals surface area contributed by atoms with Gasteiger partial charge in [0.15, 0.2) is 0 Å². The molecule has 0 aliphatic rings. The minimum absolute atomic E-state index is 0.0602. The maximum absolute atomic E-state index is 11.8. The van der Waals surface area contributed by atoms with Gasteiger partial charge in [-0.3, -0.25) is 9.59 Å². The van der Waals surface area contributed by atoms with Crippen molar-refractivity contribution in [1.29, 1.82) is 0 Å². The van der Waals surface area contributed by atoms with E-state index >= 15 is 0 Å². The summed E-state index contributed by atoms with van der Waals surface area (Å²) in [6, 6.07) is 13.8. The van der Waals surface area contributed by atoms with Crippen molar-refractivity contribution in [3.8, 4) is 11.5 Å². The number of esters is 4. The van der Waals surface area contributed by atoms with Gasteiger partial charge >= 0.3 is 23.9 Å². The van der Waals surface area contributed by atoms with Gasteiger partial charge in [0.05, 0.1) is 12.8 Å². The summed E-state index contributed by atoms with van der Waals surface area (Å²) >= 11 is 0. The van der Waals surface area contributed by atoms with Crippen LogP contribution in [0.4, 0.5) is 0 Å². The summed E-state index contributed by atoms with van der Waals surface area (Å²) in [4.78, 5) is 45.4. The lowest BCUT2D eigenvalue weighted by molar-refractivity contribution is -0.143. The first kappa shape index (κ1) is 25.8. The molecule has 0 atom stereocenters. The van der Waals surface area contributed by atoms with E-state index in [0.717, 1.165) is 23.3 Å². The Morgan fingerprint density at radius 1 is 0.618 bits per heavy atom. The minimum atomic E-state index is -0.594. The largest absolute Gasteiger partial charge is 0.462 e. The molecule has 0 unspecified atom stereocenters. The number of carbonyl (C=O) groups is 4. The highest BCUT2D eigenvalue weighted by molar-refractivity contribution is 5.82. The normalized spacial score (nSPS) is 10.2. The lowest BCUT2D eigenvalue weighted by Crippen LogP contribution is -2.12. The maximum Gasteiger partial charge on any atom is 0.330 e. The Labute approximate surface area is 197 Å². The summed E-state index contributed by atoms with van der Waals surface area (Å²) in [5, 5.41) is 0. The highest BCUT2D eigenvalue weighted by Crippen LogP contribution is 2.17. The Balaban J connectivity index is 1.79. The molecule has 0 bridgehead atoms. The van der Waals surface area contributed by atoms with Gasteiger partial charge in [-0.1, -0.05) is 49.6 Å². The summed E-state index contributed by atoms with van der Waals surface area (Å²) in [7, 11) is 0. The van der Waals surface area contributed by atoms with Gasteiger partial charge in [0, 0.05) is 12.2 Å². The summed E-state index contributed by atoms with van der Waals surface area (Å²) in [5.74, 6) is -1.46. The molecule has 2 aromatic carbocycles. The van der Waals surface area contributed by atoms with Crippen molar-refractivity contribution >= 4 is 36.0 Å². The zero-order chi connectivity index (χ0) is 24.8. The van der Waals surface area contributed by atoms with Gasteiger partial charge in [0.25, 0.3) is 0 Å². The van der Waals surface area contributed by atoms with Gasteiger partial charge in [-0.25, -0.2) is 9.59 Å². The fourth-order valence-electron chi connectivity index (χ4n) is 2.44. The summed E-state index contributed by atoms with van der Waals surface area (Å²) in [5.41, 5.74) is 1.76. The number of hydrogen-bond donors (Lipinski definition) is 0. The second-order valence-electron chi connectivity index (χ2n) is 6.66. The molecule has 0 N–H and O–H groups in total. The molecular formula is C26H24O8. The molecule has 0 aliphatic carbocycles. The Kier molecular flexibility index (Phi) is 10.5. The third-order valence-electron chi connectivity index (χ3n) is 4.13. The number of carbonyl (C=O) groups excluding carboxylic acids is 4. The molecule has 2 rings (SSSR count). The molecule has 0 amide bonds. The van der Waals surface area contributed by atoms with Crippen molar-refractivity contribution in [1.82, 2.24) is 0 Å². The second-order valence-corrected chi connectivity index (χ2v) is 6.66. The molecule has 0 saturated heterocycles. The Hall–Kier alpha value is -4.46. The first-order valence-corrected chi connectivity index (χ1v) is 10.3. The fourth-order valence-corrected chi connectivity index (χ4v) is 2.44. The first-order valence-electron chi connectivity index (χ1n) is 10.3. The van der Waals surface area contributed by atoms with Crippen LogP contribution in [0.3, 0.4) is 0 Å². The van der Waals surface area contributed by atoms with Gasteiger partial charge in [0.1, 0.15) is 24.7 Å². The van der Waals surface area contributed by atoms with Crippen LogP contribution in [-0.2, 0) is 28.7 Å². The van der Waals surface area contributed by atoms with E-state index in [0.29, 0.717) is 11.5 Å². The Bertz CT molecular complexity index is 964. The molecule has 0 aromatic heterocycles. The highest BCUT2D eigenvalue weighted by atomic mass is 16.6. The zero-order valence-electron chi connectivity index (χ0n) is 18.4. The number of rotatable bonds is 12. The van der Waals surface area contributed by atoms with Crippen molar-refractivity contribution < 1.29 is 38.1 Å². The van der Waals surface area contributed by atoms with Gasteiger partial charge in [-0.15, -0.1) is 0 Å². The van der Waals surface area contributed by atoms with Gasteiger partial charge in [-0.2, -0.15) is 0 Å². The van der Waals surface area contributed by atoms with Crippen molar-refractivity contribution in [3.63, 3.8) is 0 Å². The van der Waals surface area contributed by atoms with E-state index in [2.05, 4.69) is 13.2 Å². The van der Waals surface area contributed by atoms with E-state index in [1.165, 1.54) is 0 Å². The molecule has 0 fully saturated rings. The van der Waals surface area contributed by atoms with E-state index in [1.54, 1.807) is 48.5 Å². The molecule has 8 heteroatoms. The molecular weight excluding hydrogens is 440 g/mol. The zero-order valence-corrected chi connectivity index (χ0v) is 18.4. The third kappa shape index (κ3) is 9.78. The van der Waals surface area contributed by atoms with Gasteiger partial charge in [0.2, 0.25) is 0 Å². The molecule has 0 radical (unpaired) electrons. The predicted molar refractivity (Wildman–Crippen MR) is 125 cm³/mol. The van der Waals surface area contributed by atoms with Crippen LogP contribution in [0.2, 0.25) is 0 Å². The molecule has 0 aliphatic heterocycles. The van der Waals surface area contributed by atoms with Crippen molar-refractivity contribution in [2.24, 2.45) is 0 Å². The monoisotopic (exact) mass is 464 g/mol. The molecule has 8 nitrogen and oxygen atoms in total. The third-order valence-corrected chi connectivity index (χ3v) is 4.13. The van der Waals surface area contributed by atoms with Gasteiger partial charge in [-0.05, 0) is 35.4 Å². The van der Waals surface area contributed by atoms with Crippen LogP contribution >= 0.6 is 0 Å². The molecule has 2 aromatic rings. The van der Waals surface area contributed by atoms with E-state index in [9.17, 15) is 19.2 Å². The van der Waals surface area contributed by atoms with E-state index < -0.39 is 23.9 Å². The second kappa shape index (κ2) is 13.8. The molecule has 0 heterocycles. The van der Waals surface area contributed by atoms with Crippen LogP contribution in [-0.4, -0.2) is 37.1 Å². The average Bonchev–Trinajstić information content (AvgIpc) is 2.84. The van der Waals surface area contributed by atoms with Crippen LogP contribution in [0.5, 0.6) is 11.5 Å².